The number of unbranched alkanes of at least 4 members (excludes halogenated alkanes) is 2. The predicted octanol–water partition coefficient (Wildman–Crippen LogP) is 3.63. The Kier molecular flexibility index (Phi) is 6.81. The molecule has 5 nitrogen and oxygen atoms in total. The summed E-state index contributed by atoms with van der Waals surface area (Å²) in [7, 11) is 1.99. The van der Waals surface area contributed by atoms with Crippen LogP contribution in [0.1, 0.15) is 29.6 Å². The molecule has 23 heavy (non-hydrogen) atoms. The van der Waals surface area contributed by atoms with Crippen molar-refractivity contribution >= 4 is 23.7 Å². The molecule has 0 saturated heterocycles. The van der Waals surface area contributed by atoms with E-state index in [0.717, 1.165) is 43.7 Å². The number of halogens is 1. The van der Waals surface area contributed by atoms with E-state index in [1.54, 1.807) is 18.2 Å². The molecule has 1 aromatic carbocycles. The summed E-state index contributed by atoms with van der Waals surface area (Å²) in [5.74, 6) is 1.62. The fraction of sp³-hybridized carbons (Fsp3) is 0.353. The van der Waals surface area contributed by atoms with Crippen molar-refractivity contribution in [2.45, 2.75) is 19.3 Å². The third-order valence-corrected chi connectivity index (χ3v) is 3.63. The van der Waals surface area contributed by atoms with Crippen LogP contribution in [-0.4, -0.2) is 36.7 Å². The molecule has 0 unspecified atom stereocenters. The third-order valence-electron chi connectivity index (χ3n) is 3.43. The second-order valence-corrected chi connectivity index (χ2v) is 5.62. The molecular formula is C17H20ClN3O2. The Morgan fingerprint density at radius 3 is 2.52 bits per heavy atom. The average molecular weight is 334 g/mol. The Balaban J connectivity index is 1.60. The molecule has 0 N–H and O–H groups in total. The monoisotopic (exact) mass is 333 g/mol. The maximum atomic E-state index is 10.6. The van der Waals surface area contributed by atoms with Gasteiger partial charge < -0.3 is 9.64 Å². The molecule has 0 aliphatic heterocycles. The highest BCUT2D eigenvalue weighted by Crippen LogP contribution is 2.13. The lowest BCUT2D eigenvalue weighted by Crippen LogP contribution is -2.20. The van der Waals surface area contributed by atoms with Crippen molar-refractivity contribution in [3.05, 3.63) is 47.1 Å². The molecule has 6 heteroatoms. The maximum absolute atomic E-state index is 10.6. The van der Waals surface area contributed by atoms with Crippen molar-refractivity contribution in [1.82, 2.24) is 10.2 Å². The van der Waals surface area contributed by atoms with E-state index in [1.165, 1.54) is 0 Å². The van der Waals surface area contributed by atoms with Gasteiger partial charge in [0.15, 0.2) is 11.0 Å². The number of benzene rings is 1. The fourth-order valence-corrected chi connectivity index (χ4v) is 2.19. The number of hydrogen-bond acceptors (Lipinski definition) is 5. The number of aromatic nitrogens is 2. The van der Waals surface area contributed by atoms with Gasteiger partial charge in [-0.1, -0.05) is 11.6 Å². The standard InChI is InChI=1S/C17H20ClN3O2/c1-21(17-10-9-16(18)19-20-17)11-3-2-4-12-23-15-7-5-14(13-22)6-8-15/h5-10,13H,2-4,11-12H2,1H3. The van der Waals surface area contributed by atoms with Gasteiger partial charge in [0.05, 0.1) is 6.61 Å². The van der Waals surface area contributed by atoms with E-state index in [4.69, 9.17) is 16.3 Å². The van der Waals surface area contributed by atoms with Gasteiger partial charge >= 0.3 is 0 Å². The first-order chi connectivity index (χ1) is 11.2. The molecule has 1 aromatic heterocycles. The molecule has 0 atom stereocenters. The first kappa shape index (κ1) is 17.2. The minimum atomic E-state index is 0.403. The Morgan fingerprint density at radius 2 is 1.87 bits per heavy atom. The number of carbonyl (C=O) groups is 1. The average Bonchev–Trinajstić information content (AvgIpc) is 2.59. The van der Waals surface area contributed by atoms with E-state index >= 15 is 0 Å². The van der Waals surface area contributed by atoms with Crippen LogP contribution in [0.25, 0.3) is 0 Å². The second kappa shape index (κ2) is 9.10. The van der Waals surface area contributed by atoms with Gasteiger partial charge in [-0.05, 0) is 55.7 Å². The Morgan fingerprint density at radius 1 is 1.09 bits per heavy atom. The van der Waals surface area contributed by atoms with Crippen LogP contribution >= 0.6 is 11.6 Å². The minimum absolute atomic E-state index is 0.403. The summed E-state index contributed by atoms with van der Waals surface area (Å²) < 4.78 is 5.64. The first-order valence-electron chi connectivity index (χ1n) is 7.57. The molecule has 0 aliphatic carbocycles. The first-order valence-corrected chi connectivity index (χ1v) is 7.95. The van der Waals surface area contributed by atoms with Crippen molar-refractivity contribution in [3.63, 3.8) is 0 Å². The lowest BCUT2D eigenvalue weighted by Gasteiger charge is -2.17. The van der Waals surface area contributed by atoms with E-state index in [9.17, 15) is 4.79 Å². The molecule has 2 rings (SSSR count). The summed E-state index contributed by atoms with van der Waals surface area (Å²) >= 11 is 5.72. The second-order valence-electron chi connectivity index (χ2n) is 5.23. The summed E-state index contributed by atoms with van der Waals surface area (Å²) in [6.45, 7) is 1.58. The molecule has 0 radical (unpaired) electrons. The molecule has 0 spiro atoms. The number of hydrogen-bond donors (Lipinski definition) is 0. The quantitative estimate of drug-likeness (QED) is 0.518. The highest BCUT2D eigenvalue weighted by molar-refractivity contribution is 6.29. The zero-order chi connectivity index (χ0) is 16.5. The SMILES string of the molecule is CN(CCCCCOc1ccc(C=O)cc1)c1ccc(Cl)nn1. The van der Waals surface area contributed by atoms with Crippen LogP contribution in [-0.2, 0) is 0 Å². The predicted molar refractivity (Wildman–Crippen MR) is 91.5 cm³/mol. The number of ether oxygens (including phenoxy) is 1. The number of anilines is 1. The lowest BCUT2D eigenvalue weighted by molar-refractivity contribution is 0.112. The zero-order valence-electron chi connectivity index (χ0n) is 13.1. The summed E-state index contributed by atoms with van der Waals surface area (Å²) in [5, 5.41) is 8.28. The lowest BCUT2D eigenvalue weighted by atomic mass is 10.2. The molecule has 0 bridgehead atoms. The highest BCUT2D eigenvalue weighted by Gasteiger charge is 2.03. The van der Waals surface area contributed by atoms with Crippen molar-refractivity contribution in [2.75, 3.05) is 25.1 Å². The van der Waals surface area contributed by atoms with Gasteiger partial charge in [0.25, 0.3) is 0 Å². The van der Waals surface area contributed by atoms with Gasteiger partial charge in [-0.25, -0.2) is 0 Å². The summed E-state index contributed by atoms with van der Waals surface area (Å²) in [6.07, 6.45) is 3.92. The molecule has 2 aromatic rings. The van der Waals surface area contributed by atoms with Crippen molar-refractivity contribution in [2.24, 2.45) is 0 Å². The third kappa shape index (κ3) is 5.87. The van der Waals surface area contributed by atoms with Crippen LogP contribution < -0.4 is 9.64 Å². The van der Waals surface area contributed by atoms with E-state index in [-0.39, 0.29) is 0 Å². The van der Waals surface area contributed by atoms with Gasteiger partial charge in [-0.15, -0.1) is 10.2 Å². The largest absolute Gasteiger partial charge is 0.494 e. The topological polar surface area (TPSA) is 55.3 Å². The number of carbonyl (C=O) groups excluding carboxylic acids is 1. The minimum Gasteiger partial charge on any atom is -0.494 e. The molecule has 0 fully saturated rings. The van der Waals surface area contributed by atoms with Crippen LogP contribution in [0.2, 0.25) is 5.15 Å². The number of nitrogens with zero attached hydrogens (tertiary/aromatic N) is 3. The normalized spacial score (nSPS) is 10.3. The molecule has 0 amide bonds. The van der Waals surface area contributed by atoms with Crippen molar-refractivity contribution in [3.8, 4) is 5.75 Å². The highest BCUT2D eigenvalue weighted by atomic mass is 35.5. The fourth-order valence-electron chi connectivity index (χ4n) is 2.09. The molecule has 122 valence electrons. The molecule has 0 saturated carbocycles. The van der Waals surface area contributed by atoms with E-state index in [2.05, 4.69) is 15.1 Å². The van der Waals surface area contributed by atoms with Crippen LogP contribution in [0.3, 0.4) is 0 Å². The van der Waals surface area contributed by atoms with Crippen LogP contribution in [0.4, 0.5) is 5.82 Å². The van der Waals surface area contributed by atoms with Gasteiger partial charge in [0, 0.05) is 19.2 Å². The van der Waals surface area contributed by atoms with E-state index < -0.39 is 0 Å². The Labute approximate surface area is 141 Å². The van der Waals surface area contributed by atoms with Crippen LogP contribution in [0, 0.1) is 0 Å². The molecule has 0 aliphatic rings. The smallest absolute Gasteiger partial charge is 0.151 e. The van der Waals surface area contributed by atoms with Gasteiger partial charge in [0.1, 0.15) is 12.0 Å². The zero-order valence-corrected chi connectivity index (χ0v) is 13.9. The molecule has 1 heterocycles. The van der Waals surface area contributed by atoms with Crippen molar-refractivity contribution < 1.29 is 9.53 Å². The van der Waals surface area contributed by atoms with Crippen LogP contribution in [0.15, 0.2) is 36.4 Å². The van der Waals surface area contributed by atoms with Gasteiger partial charge in [0.2, 0.25) is 0 Å². The maximum Gasteiger partial charge on any atom is 0.151 e. The van der Waals surface area contributed by atoms with E-state index in [1.807, 2.05) is 25.2 Å². The summed E-state index contributed by atoms with van der Waals surface area (Å²) in [5.41, 5.74) is 0.658. The summed E-state index contributed by atoms with van der Waals surface area (Å²) in [4.78, 5) is 12.6. The van der Waals surface area contributed by atoms with E-state index in [0.29, 0.717) is 17.3 Å². The van der Waals surface area contributed by atoms with Gasteiger partial charge in [-0.3, -0.25) is 4.79 Å². The van der Waals surface area contributed by atoms with Crippen molar-refractivity contribution in [1.29, 1.82) is 0 Å². The number of rotatable bonds is 9. The summed E-state index contributed by atoms with van der Waals surface area (Å²) in [6, 6.07) is 10.7. The van der Waals surface area contributed by atoms with Gasteiger partial charge in [-0.2, -0.15) is 0 Å². The van der Waals surface area contributed by atoms with Crippen LogP contribution in [0.5, 0.6) is 5.75 Å². The Bertz CT molecular complexity index is 602. The number of aldehydes is 1. The Hall–Kier alpha value is -2.14. The molecular weight excluding hydrogens is 314 g/mol.